The molecule has 2 rings (SSSR count). The van der Waals surface area contributed by atoms with E-state index in [1.165, 1.54) is 22.3 Å². The smallest absolute Gasteiger partial charge is 0.190 e. The maximum Gasteiger partial charge on any atom is 0.190 e. The zero-order chi connectivity index (χ0) is 23.0. The number of ketones is 2. The predicted molar refractivity (Wildman–Crippen MR) is 132 cm³/mol. The van der Waals surface area contributed by atoms with Gasteiger partial charge >= 0.3 is 0 Å². The van der Waals surface area contributed by atoms with Crippen LogP contribution in [0.2, 0.25) is 0 Å². The molecule has 0 fully saturated rings. The number of hydrogen-bond donors (Lipinski definition) is 0. The normalized spacial score (nSPS) is 15.4. The number of Topliss-reactive ketones (excluding diaryl/α,β-unsaturated/α-hetero) is 2. The molecule has 0 saturated carbocycles. The number of hydrogen-bond acceptors (Lipinski definition) is 2. The third-order valence-corrected chi connectivity index (χ3v) is 5.77. The van der Waals surface area contributed by atoms with Gasteiger partial charge in [-0.25, -0.2) is 0 Å². The van der Waals surface area contributed by atoms with Crippen LogP contribution in [-0.2, 0) is 0 Å². The number of carbonyl (C=O) groups is 2. The highest BCUT2D eigenvalue weighted by atomic mass is 16.1. The van der Waals surface area contributed by atoms with Gasteiger partial charge in [-0.15, -0.1) is 0 Å². The van der Waals surface area contributed by atoms with E-state index in [0.29, 0.717) is 28.7 Å². The highest BCUT2D eigenvalue weighted by Gasteiger charge is 2.28. The second-order valence-corrected chi connectivity index (χ2v) is 8.89. The molecule has 0 heterocycles. The van der Waals surface area contributed by atoms with Gasteiger partial charge in [0.1, 0.15) is 0 Å². The van der Waals surface area contributed by atoms with Crippen LogP contribution in [0.3, 0.4) is 0 Å². The fourth-order valence-electron chi connectivity index (χ4n) is 3.59. The molecule has 0 atom stereocenters. The first-order valence-corrected chi connectivity index (χ1v) is 11.2. The van der Waals surface area contributed by atoms with Crippen LogP contribution in [0.15, 0.2) is 82.0 Å². The van der Waals surface area contributed by atoms with Crippen molar-refractivity contribution in [2.45, 2.75) is 73.6 Å². The Kier molecular flexibility index (Phi) is 9.18. The molecule has 1 aliphatic rings. The molecule has 0 N–H and O–H groups in total. The van der Waals surface area contributed by atoms with Crippen molar-refractivity contribution in [1.82, 2.24) is 0 Å². The van der Waals surface area contributed by atoms with Gasteiger partial charge in [0.2, 0.25) is 0 Å². The molecule has 0 radical (unpaired) electrons. The van der Waals surface area contributed by atoms with E-state index in [1.807, 2.05) is 12.1 Å². The Bertz CT molecular complexity index is 989. The van der Waals surface area contributed by atoms with E-state index in [-0.39, 0.29) is 11.6 Å². The Morgan fingerprint density at radius 2 is 1.32 bits per heavy atom. The summed E-state index contributed by atoms with van der Waals surface area (Å²) in [6, 6.07) is 7.12. The summed E-state index contributed by atoms with van der Waals surface area (Å²) in [5, 5.41) is 0. The van der Waals surface area contributed by atoms with Crippen LogP contribution in [0, 0.1) is 0 Å². The molecule has 0 amide bonds. The van der Waals surface area contributed by atoms with Crippen molar-refractivity contribution in [3.63, 3.8) is 0 Å². The lowest BCUT2D eigenvalue weighted by Crippen LogP contribution is -2.20. The minimum atomic E-state index is -0.0252. The van der Waals surface area contributed by atoms with Gasteiger partial charge in [-0.05, 0) is 73.6 Å². The van der Waals surface area contributed by atoms with Crippen molar-refractivity contribution in [2.24, 2.45) is 0 Å². The minimum Gasteiger partial charge on any atom is -0.289 e. The fraction of sp³-hybridized carbons (Fsp3) is 0.379. The summed E-state index contributed by atoms with van der Waals surface area (Å²) >= 11 is 0. The second kappa shape index (κ2) is 11.6. The lowest BCUT2D eigenvalue weighted by atomic mass is 9.83. The van der Waals surface area contributed by atoms with Crippen LogP contribution >= 0.6 is 0 Å². The average molecular weight is 417 g/mol. The van der Waals surface area contributed by atoms with Gasteiger partial charge in [0.05, 0.1) is 0 Å². The molecule has 164 valence electrons. The lowest BCUT2D eigenvalue weighted by Gasteiger charge is -2.18. The van der Waals surface area contributed by atoms with Gasteiger partial charge in [-0.3, -0.25) is 9.59 Å². The molecule has 0 aromatic heterocycles. The molecule has 0 bridgehead atoms. The number of benzene rings is 1. The Balaban J connectivity index is 1.92. The lowest BCUT2D eigenvalue weighted by molar-refractivity contribution is 0.0973. The highest BCUT2D eigenvalue weighted by Crippen LogP contribution is 2.28. The zero-order valence-electron chi connectivity index (χ0n) is 20.0. The largest absolute Gasteiger partial charge is 0.289 e. The average Bonchev–Trinajstić information content (AvgIpc) is 2.74. The van der Waals surface area contributed by atoms with Crippen LogP contribution in [0.5, 0.6) is 0 Å². The van der Waals surface area contributed by atoms with Crippen LogP contribution in [0.1, 0.15) is 94.4 Å². The van der Waals surface area contributed by atoms with Crippen molar-refractivity contribution in [1.29, 1.82) is 0 Å². The van der Waals surface area contributed by atoms with Gasteiger partial charge < -0.3 is 0 Å². The summed E-state index contributed by atoms with van der Waals surface area (Å²) in [7, 11) is 0. The molecule has 1 aromatic rings. The topological polar surface area (TPSA) is 34.1 Å². The maximum atomic E-state index is 12.8. The summed E-state index contributed by atoms with van der Waals surface area (Å²) in [6.45, 7) is 12.5. The molecule has 0 saturated heterocycles. The molecule has 31 heavy (non-hydrogen) atoms. The number of allylic oxidation sites excluding steroid dienone is 10. The van der Waals surface area contributed by atoms with Crippen molar-refractivity contribution >= 4 is 11.6 Å². The van der Waals surface area contributed by atoms with E-state index in [0.717, 1.165) is 25.7 Å². The van der Waals surface area contributed by atoms with Crippen LogP contribution in [-0.4, -0.2) is 11.6 Å². The monoisotopic (exact) mass is 416 g/mol. The van der Waals surface area contributed by atoms with Crippen LogP contribution in [0.25, 0.3) is 0 Å². The zero-order valence-corrected chi connectivity index (χ0v) is 20.0. The fourth-order valence-corrected chi connectivity index (χ4v) is 3.59. The highest BCUT2D eigenvalue weighted by molar-refractivity contribution is 6.26. The minimum absolute atomic E-state index is 0.0113. The predicted octanol–water partition coefficient (Wildman–Crippen LogP) is 8.14. The van der Waals surface area contributed by atoms with E-state index < -0.39 is 0 Å². The summed E-state index contributed by atoms with van der Waals surface area (Å²) in [5.74, 6) is -0.0366. The van der Waals surface area contributed by atoms with Gasteiger partial charge in [-0.1, -0.05) is 70.9 Å². The van der Waals surface area contributed by atoms with Gasteiger partial charge in [-0.2, -0.15) is 0 Å². The molecule has 0 unspecified atom stereocenters. The SMILES string of the molecule is CC(C)=CC/C(C)=C/C/C(C)=C/CC/C(C)=C/CC1=C(C)C(=O)c2ccccc2C1=O. The molecule has 1 aromatic carbocycles. The van der Waals surface area contributed by atoms with Gasteiger partial charge in [0, 0.05) is 22.3 Å². The van der Waals surface area contributed by atoms with Crippen molar-refractivity contribution in [2.75, 3.05) is 0 Å². The number of carbonyl (C=O) groups excluding carboxylic acids is 2. The standard InChI is InChI=1S/C29H36O2/c1-20(2)14-15-23(5)17-16-21(3)10-9-11-22(4)18-19-25-24(6)28(30)26-12-7-8-13-27(26)29(25)31/h7-8,10,12-14,17-18H,9,11,15-16,19H2,1-6H3/b21-10+,22-18+,23-17+. The Morgan fingerprint density at radius 1 is 0.742 bits per heavy atom. The van der Waals surface area contributed by atoms with Crippen LogP contribution < -0.4 is 0 Å². The molecule has 2 heteroatoms. The summed E-state index contributed by atoms with van der Waals surface area (Å²) in [5.41, 5.74) is 7.67. The summed E-state index contributed by atoms with van der Waals surface area (Å²) in [6.07, 6.45) is 13.5. The molecule has 0 spiro atoms. The first kappa shape index (κ1) is 24.5. The number of rotatable bonds is 9. The van der Waals surface area contributed by atoms with E-state index in [1.54, 1.807) is 19.1 Å². The third-order valence-electron chi connectivity index (χ3n) is 5.77. The third kappa shape index (κ3) is 7.17. The Labute approximate surface area is 188 Å². The first-order valence-electron chi connectivity index (χ1n) is 11.2. The van der Waals surface area contributed by atoms with Gasteiger partial charge in [0.25, 0.3) is 0 Å². The molecule has 0 aliphatic heterocycles. The van der Waals surface area contributed by atoms with Crippen molar-refractivity contribution in [3.05, 3.63) is 93.1 Å². The molecule has 1 aliphatic carbocycles. The molecule has 2 nitrogen and oxygen atoms in total. The van der Waals surface area contributed by atoms with Gasteiger partial charge in [0.15, 0.2) is 11.6 Å². The summed E-state index contributed by atoms with van der Waals surface area (Å²) in [4.78, 5) is 25.4. The van der Waals surface area contributed by atoms with Crippen molar-refractivity contribution < 1.29 is 9.59 Å². The Morgan fingerprint density at radius 3 is 1.97 bits per heavy atom. The number of fused-ring (bicyclic) bond motifs is 1. The van der Waals surface area contributed by atoms with E-state index in [2.05, 4.69) is 58.9 Å². The van der Waals surface area contributed by atoms with E-state index in [9.17, 15) is 9.59 Å². The Hall–Kier alpha value is -2.74. The van der Waals surface area contributed by atoms with Crippen LogP contribution in [0.4, 0.5) is 0 Å². The molecular formula is C29H36O2. The van der Waals surface area contributed by atoms with Crippen molar-refractivity contribution in [3.8, 4) is 0 Å². The maximum absolute atomic E-state index is 12.8. The first-order chi connectivity index (χ1) is 14.7. The molecular weight excluding hydrogens is 380 g/mol. The van der Waals surface area contributed by atoms with E-state index in [4.69, 9.17) is 0 Å². The quantitative estimate of drug-likeness (QED) is 0.381. The summed E-state index contributed by atoms with van der Waals surface area (Å²) < 4.78 is 0. The second-order valence-electron chi connectivity index (χ2n) is 8.89. The van der Waals surface area contributed by atoms with E-state index >= 15 is 0 Å².